The Kier molecular flexibility index (Phi) is 6.17. The third kappa shape index (κ3) is 5.13. The van der Waals surface area contributed by atoms with Gasteiger partial charge >= 0.3 is 0 Å². The maximum Gasteiger partial charge on any atom is 0.242 e. The smallest absolute Gasteiger partial charge is 0.242 e. The van der Waals surface area contributed by atoms with Crippen molar-refractivity contribution in [2.75, 3.05) is 18.4 Å². The molecular weight excluding hydrogens is 314 g/mol. The third-order valence-electron chi connectivity index (χ3n) is 4.84. The number of aromatic nitrogens is 3. The lowest BCUT2D eigenvalue weighted by atomic mass is 10.2. The number of nitrogens with zero attached hydrogens (tertiary/aromatic N) is 4. The van der Waals surface area contributed by atoms with Gasteiger partial charge in [0, 0.05) is 31.2 Å². The summed E-state index contributed by atoms with van der Waals surface area (Å²) in [7, 11) is 0. The van der Waals surface area contributed by atoms with E-state index in [4.69, 9.17) is 0 Å². The summed E-state index contributed by atoms with van der Waals surface area (Å²) in [4.78, 5) is 18.8. The molecule has 134 valence electrons. The highest BCUT2D eigenvalue weighted by Gasteiger charge is 2.22. The molecule has 1 amide bonds. The van der Waals surface area contributed by atoms with Gasteiger partial charge in [-0.25, -0.2) is 0 Å². The van der Waals surface area contributed by atoms with E-state index in [-0.39, 0.29) is 11.9 Å². The summed E-state index contributed by atoms with van der Waals surface area (Å²) >= 11 is 0. The second kappa shape index (κ2) is 8.76. The Labute approximate surface area is 149 Å². The molecule has 6 nitrogen and oxygen atoms in total. The molecule has 1 aliphatic heterocycles. The lowest BCUT2D eigenvalue weighted by Gasteiger charge is -2.26. The monoisotopic (exact) mass is 341 g/mol. The minimum Gasteiger partial charge on any atom is -0.308 e. The third-order valence-corrected chi connectivity index (χ3v) is 4.84. The van der Waals surface area contributed by atoms with Gasteiger partial charge < -0.3 is 5.32 Å². The quantitative estimate of drug-likeness (QED) is 0.877. The lowest BCUT2D eigenvalue weighted by Crippen LogP contribution is -2.42. The second-order valence-electron chi connectivity index (χ2n) is 6.68. The minimum atomic E-state index is -0.111. The fourth-order valence-corrected chi connectivity index (χ4v) is 3.22. The second-order valence-corrected chi connectivity index (χ2v) is 6.68. The van der Waals surface area contributed by atoms with Gasteiger partial charge in [-0.3, -0.25) is 19.4 Å². The van der Waals surface area contributed by atoms with Crippen molar-refractivity contribution >= 4 is 11.7 Å². The molecular formula is C19H27N5O. The number of pyridine rings is 1. The Balaban J connectivity index is 1.50. The molecule has 2 aromatic heterocycles. The fourth-order valence-electron chi connectivity index (χ4n) is 3.22. The first-order chi connectivity index (χ1) is 12.2. The van der Waals surface area contributed by atoms with Crippen LogP contribution >= 0.6 is 0 Å². The molecule has 3 heterocycles. The highest BCUT2D eigenvalue weighted by atomic mass is 16.2. The molecule has 25 heavy (non-hydrogen) atoms. The Bertz CT molecular complexity index is 661. The Morgan fingerprint density at radius 1 is 1.16 bits per heavy atom. The molecule has 0 radical (unpaired) electrons. The number of amides is 1. The van der Waals surface area contributed by atoms with E-state index in [0.717, 1.165) is 26.1 Å². The van der Waals surface area contributed by atoms with Gasteiger partial charge in [-0.05, 0) is 57.0 Å². The van der Waals surface area contributed by atoms with Crippen LogP contribution in [0.25, 0.3) is 0 Å². The standard InChI is InChI=1S/C19H27N5O/c1-16(23-12-4-2-3-5-13-23)19(25)21-18-9-15-24(22-18)14-8-17-6-10-20-11-7-17/h6-7,9-11,15-16H,2-5,8,12-14H2,1H3,(H,21,22,25). The molecule has 0 saturated carbocycles. The Morgan fingerprint density at radius 3 is 2.60 bits per heavy atom. The summed E-state index contributed by atoms with van der Waals surface area (Å²) in [5, 5.41) is 7.42. The predicted molar refractivity (Wildman–Crippen MR) is 98.3 cm³/mol. The van der Waals surface area contributed by atoms with Gasteiger partial charge in [0.2, 0.25) is 5.91 Å². The van der Waals surface area contributed by atoms with Crippen LogP contribution in [-0.4, -0.2) is 44.7 Å². The van der Waals surface area contributed by atoms with E-state index in [2.05, 4.69) is 20.3 Å². The molecule has 2 aromatic rings. The summed E-state index contributed by atoms with van der Waals surface area (Å²) in [6.45, 7) is 4.78. The molecule has 1 saturated heterocycles. The van der Waals surface area contributed by atoms with Gasteiger partial charge in [0.25, 0.3) is 0 Å². The van der Waals surface area contributed by atoms with Crippen molar-refractivity contribution in [2.24, 2.45) is 0 Å². The average Bonchev–Trinajstić information content (AvgIpc) is 2.91. The molecule has 6 heteroatoms. The molecule has 1 aliphatic rings. The van der Waals surface area contributed by atoms with Crippen LogP contribution in [0, 0.1) is 0 Å². The van der Waals surface area contributed by atoms with Crippen molar-refractivity contribution in [3.63, 3.8) is 0 Å². The zero-order valence-corrected chi connectivity index (χ0v) is 14.9. The number of carbonyl (C=O) groups is 1. The van der Waals surface area contributed by atoms with Crippen LogP contribution in [0.2, 0.25) is 0 Å². The van der Waals surface area contributed by atoms with Gasteiger partial charge in [-0.15, -0.1) is 0 Å². The number of hydrogen-bond acceptors (Lipinski definition) is 4. The van der Waals surface area contributed by atoms with Gasteiger partial charge in [0.05, 0.1) is 6.04 Å². The summed E-state index contributed by atoms with van der Waals surface area (Å²) < 4.78 is 1.87. The Morgan fingerprint density at radius 2 is 1.88 bits per heavy atom. The molecule has 1 N–H and O–H groups in total. The van der Waals surface area contributed by atoms with Crippen LogP contribution in [0.3, 0.4) is 0 Å². The van der Waals surface area contributed by atoms with E-state index in [1.54, 1.807) is 12.4 Å². The number of hydrogen-bond donors (Lipinski definition) is 1. The van der Waals surface area contributed by atoms with Crippen LogP contribution < -0.4 is 5.32 Å². The average molecular weight is 341 g/mol. The summed E-state index contributed by atoms with van der Waals surface area (Å²) in [6, 6.07) is 5.77. The van der Waals surface area contributed by atoms with Crippen molar-refractivity contribution in [3.8, 4) is 0 Å². The molecule has 3 rings (SSSR count). The maximum absolute atomic E-state index is 12.5. The highest BCUT2D eigenvalue weighted by molar-refractivity contribution is 5.93. The number of aryl methyl sites for hydroxylation is 2. The van der Waals surface area contributed by atoms with Crippen LogP contribution in [-0.2, 0) is 17.8 Å². The lowest BCUT2D eigenvalue weighted by molar-refractivity contribution is -0.120. The predicted octanol–water partition coefficient (Wildman–Crippen LogP) is 2.72. The summed E-state index contributed by atoms with van der Waals surface area (Å²) in [5.74, 6) is 0.655. The first-order valence-electron chi connectivity index (χ1n) is 9.19. The minimum absolute atomic E-state index is 0.0290. The first kappa shape index (κ1) is 17.6. The molecule has 0 aromatic carbocycles. The number of likely N-dealkylation sites (tertiary alicyclic amines) is 1. The van der Waals surface area contributed by atoms with Crippen LogP contribution in [0.1, 0.15) is 38.2 Å². The van der Waals surface area contributed by atoms with E-state index in [1.807, 2.05) is 36.0 Å². The van der Waals surface area contributed by atoms with Crippen molar-refractivity contribution < 1.29 is 4.79 Å². The number of rotatable bonds is 6. The van der Waals surface area contributed by atoms with E-state index in [1.165, 1.54) is 31.2 Å². The van der Waals surface area contributed by atoms with E-state index in [9.17, 15) is 4.79 Å². The van der Waals surface area contributed by atoms with E-state index >= 15 is 0 Å². The molecule has 1 unspecified atom stereocenters. The zero-order valence-electron chi connectivity index (χ0n) is 14.9. The number of anilines is 1. The molecule has 0 aliphatic carbocycles. The number of carbonyl (C=O) groups excluding carboxylic acids is 1. The number of nitrogens with one attached hydrogen (secondary N) is 1. The maximum atomic E-state index is 12.5. The van der Waals surface area contributed by atoms with Crippen molar-refractivity contribution in [2.45, 2.75) is 51.6 Å². The SMILES string of the molecule is CC(C(=O)Nc1ccn(CCc2ccncc2)n1)N1CCCCCC1. The van der Waals surface area contributed by atoms with E-state index < -0.39 is 0 Å². The van der Waals surface area contributed by atoms with Crippen LogP contribution in [0.15, 0.2) is 36.8 Å². The van der Waals surface area contributed by atoms with Gasteiger partial charge in [-0.2, -0.15) is 5.10 Å². The molecule has 1 fully saturated rings. The van der Waals surface area contributed by atoms with Crippen molar-refractivity contribution in [1.29, 1.82) is 0 Å². The summed E-state index contributed by atoms with van der Waals surface area (Å²) in [6.07, 6.45) is 11.3. The van der Waals surface area contributed by atoms with Gasteiger partial charge in [0.1, 0.15) is 0 Å². The molecule has 0 bridgehead atoms. The summed E-state index contributed by atoms with van der Waals surface area (Å²) in [5.41, 5.74) is 1.23. The molecule has 0 spiro atoms. The highest BCUT2D eigenvalue weighted by Crippen LogP contribution is 2.14. The van der Waals surface area contributed by atoms with Gasteiger partial charge in [-0.1, -0.05) is 12.8 Å². The topological polar surface area (TPSA) is 63.1 Å². The van der Waals surface area contributed by atoms with Gasteiger partial charge in [0.15, 0.2) is 5.82 Å². The van der Waals surface area contributed by atoms with Crippen LogP contribution in [0.4, 0.5) is 5.82 Å². The van der Waals surface area contributed by atoms with Crippen molar-refractivity contribution in [1.82, 2.24) is 19.7 Å². The largest absolute Gasteiger partial charge is 0.308 e. The first-order valence-corrected chi connectivity index (χ1v) is 9.19. The fraction of sp³-hybridized carbons (Fsp3) is 0.526. The Hall–Kier alpha value is -2.21. The zero-order chi connectivity index (χ0) is 17.5. The van der Waals surface area contributed by atoms with Crippen molar-refractivity contribution in [3.05, 3.63) is 42.4 Å². The normalized spacial score (nSPS) is 17.0. The molecule has 1 atom stereocenters. The van der Waals surface area contributed by atoms with E-state index in [0.29, 0.717) is 5.82 Å². The van der Waals surface area contributed by atoms with Crippen LogP contribution in [0.5, 0.6) is 0 Å².